The number of ether oxygens (including phenoxy) is 1. The molecule has 2 aromatic rings. The molecule has 1 atom stereocenters. The SMILES string of the molecule is CC(C)C[C@H]1COc2ccccc2CCCCC2(CCN(C(=O)c3ccc(C(F)(F)F)cc3)CC2)C(=O)N1. The zero-order valence-electron chi connectivity index (χ0n) is 22.2. The number of carbonyl (C=O) groups is 2. The lowest BCUT2D eigenvalue weighted by Gasteiger charge is -2.42. The van der Waals surface area contributed by atoms with E-state index in [1.807, 2.05) is 18.2 Å². The lowest BCUT2D eigenvalue weighted by molar-refractivity contribution is -0.137. The number of benzene rings is 2. The Balaban J connectivity index is 1.47. The molecule has 1 N–H and O–H groups in total. The maximum absolute atomic E-state index is 13.7. The molecule has 5 nitrogen and oxygen atoms in total. The molecule has 206 valence electrons. The van der Waals surface area contributed by atoms with Crippen molar-refractivity contribution in [3.05, 3.63) is 65.2 Å². The molecule has 2 aromatic carbocycles. The molecule has 0 aliphatic carbocycles. The van der Waals surface area contributed by atoms with Crippen molar-refractivity contribution in [1.82, 2.24) is 10.2 Å². The summed E-state index contributed by atoms with van der Waals surface area (Å²) >= 11 is 0. The number of amides is 2. The highest BCUT2D eigenvalue weighted by Gasteiger charge is 2.42. The molecule has 0 aromatic heterocycles. The molecule has 2 amide bonds. The van der Waals surface area contributed by atoms with Crippen LogP contribution in [0.4, 0.5) is 13.2 Å². The summed E-state index contributed by atoms with van der Waals surface area (Å²) in [4.78, 5) is 28.4. The van der Waals surface area contributed by atoms with Crippen molar-refractivity contribution in [3.63, 3.8) is 0 Å². The van der Waals surface area contributed by atoms with Gasteiger partial charge in [-0.25, -0.2) is 0 Å². The van der Waals surface area contributed by atoms with Crippen LogP contribution in [0, 0.1) is 11.3 Å². The number of alkyl halides is 3. The number of para-hydroxylation sites is 1. The normalized spacial score (nSPS) is 20.6. The van der Waals surface area contributed by atoms with Gasteiger partial charge >= 0.3 is 6.18 Å². The van der Waals surface area contributed by atoms with Crippen LogP contribution in [0.25, 0.3) is 0 Å². The van der Waals surface area contributed by atoms with E-state index < -0.39 is 17.2 Å². The number of halogens is 3. The number of nitrogens with one attached hydrogen (secondary N) is 1. The molecular weight excluding hydrogens is 493 g/mol. The average Bonchev–Trinajstić information content (AvgIpc) is 2.89. The Morgan fingerprint density at radius 3 is 2.39 bits per heavy atom. The standard InChI is InChI=1S/C30H37F3N2O3/c1-21(2)19-25-20-38-26-9-4-3-7-22(26)8-5-6-14-29(28(37)34-25)15-17-35(18-16-29)27(36)23-10-12-24(13-11-23)30(31,32)33/h3-4,7,9-13,21,25H,5-6,8,14-20H2,1-2H3,(H,34,37)/t25-/m0/s1. The minimum atomic E-state index is -4.44. The molecule has 8 heteroatoms. The van der Waals surface area contributed by atoms with Gasteiger partial charge < -0.3 is 15.0 Å². The number of likely N-dealkylation sites (tertiary alicyclic amines) is 1. The zero-order valence-corrected chi connectivity index (χ0v) is 22.2. The minimum Gasteiger partial charge on any atom is -0.491 e. The van der Waals surface area contributed by atoms with Gasteiger partial charge in [0.05, 0.1) is 17.0 Å². The van der Waals surface area contributed by atoms with Crippen LogP contribution < -0.4 is 10.1 Å². The second-order valence-corrected chi connectivity index (χ2v) is 11.1. The van der Waals surface area contributed by atoms with Gasteiger partial charge in [-0.05, 0) is 80.3 Å². The van der Waals surface area contributed by atoms with E-state index in [1.54, 1.807) is 4.90 Å². The van der Waals surface area contributed by atoms with E-state index in [-0.39, 0.29) is 23.4 Å². The summed E-state index contributed by atoms with van der Waals surface area (Å²) < 4.78 is 44.9. The molecule has 0 unspecified atom stereocenters. The Hall–Kier alpha value is -3.03. The Labute approximate surface area is 222 Å². The Morgan fingerprint density at radius 2 is 1.74 bits per heavy atom. The molecule has 2 aliphatic heterocycles. The third kappa shape index (κ3) is 6.69. The zero-order chi connectivity index (χ0) is 27.3. The van der Waals surface area contributed by atoms with Gasteiger partial charge in [0.25, 0.3) is 5.91 Å². The van der Waals surface area contributed by atoms with E-state index in [2.05, 4.69) is 25.2 Å². The number of fused-ring (bicyclic) bond motifs is 1. The summed E-state index contributed by atoms with van der Waals surface area (Å²) in [5.41, 5.74) is 0.0444. The van der Waals surface area contributed by atoms with Crippen molar-refractivity contribution in [2.45, 2.75) is 71.0 Å². The van der Waals surface area contributed by atoms with Gasteiger partial charge in [-0.15, -0.1) is 0 Å². The Kier molecular flexibility index (Phi) is 8.68. The molecule has 4 rings (SSSR count). The third-order valence-electron chi connectivity index (χ3n) is 7.80. The first-order valence-corrected chi connectivity index (χ1v) is 13.6. The molecular formula is C30H37F3N2O3. The number of piperidine rings is 1. The molecule has 1 spiro atoms. The van der Waals surface area contributed by atoms with E-state index in [0.717, 1.165) is 50.0 Å². The van der Waals surface area contributed by atoms with Gasteiger partial charge in [0.15, 0.2) is 0 Å². The number of aryl methyl sites for hydroxylation is 1. The molecule has 1 fully saturated rings. The van der Waals surface area contributed by atoms with Gasteiger partial charge in [-0.2, -0.15) is 13.2 Å². The highest BCUT2D eigenvalue weighted by molar-refractivity contribution is 5.94. The van der Waals surface area contributed by atoms with Crippen LogP contribution in [0.1, 0.15) is 73.9 Å². The van der Waals surface area contributed by atoms with Crippen molar-refractivity contribution in [2.24, 2.45) is 11.3 Å². The predicted octanol–water partition coefficient (Wildman–Crippen LogP) is 6.26. The van der Waals surface area contributed by atoms with Gasteiger partial charge in [-0.3, -0.25) is 9.59 Å². The van der Waals surface area contributed by atoms with Crippen molar-refractivity contribution < 1.29 is 27.5 Å². The van der Waals surface area contributed by atoms with Crippen LogP contribution in [0.15, 0.2) is 48.5 Å². The molecule has 2 aliphatic rings. The predicted molar refractivity (Wildman–Crippen MR) is 140 cm³/mol. The fourth-order valence-corrected chi connectivity index (χ4v) is 5.61. The summed E-state index contributed by atoms with van der Waals surface area (Å²) in [6.45, 7) is 5.42. The third-order valence-corrected chi connectivity index (χ3v) is 7.80. The molecule has 0 bridgehead atoms. The summed E-state index contributed by atoms with van der Waals surface area (Å²) in [6.07, 6.45) is 0.819. The monoisotopic (exact) mass is 530 g/mol. The van der Waals surface area contributed by atoms with Crippen molar-refractivity contribution in [1.29, 1.82) is 0 Å². The van der Waals surface area contributed by atoms with Gasteiger partial charge in [0.1, 0.15) is 12.4 Å². The lowest BCUT2D eigenvalue weighted by atomic mass is 9.73. The second kappa shape index (κ2) is 11.8. The quantitative estimate of drug-likeness (QED) is 0.509. The highest BCUT2D eigenvalue weighted by atomic mass is 19.4. The van der Waals surface area contributed by atoms with Crippen LogP contribution >= 0.6 is 0 Å². The molecule has 0 saturated carbocycles. The Morgan fingerprint density at radius 1 is 1.05 bits per heavy atom. The molecule has 2 heterocycles. The second-order valence-electron chi connectivity index (χ2n) is 11.1. The number of carbonyl (C=O) groups excluding carboxylic acids is 2. The summed E-state index contributed by atoms with van der Waals surface area (Å²) in [7, 11) is 0. The molecule has 38 heavy (non-hydrogen) atoms. The van der Waals surface area contributed by atoms with Gasteiger partial charge in [0, 0.05) is 18.7 Å². The first kappa shape index (κ1) is 28.0. The van der Waals surface area contributed by atoms with Crippen LogP contribution in [0.2, 0.25) is 0 Å². The van der Waals surface area contributed by atoms with E-state index in [4.69, 9.17) is 4.74 Å². The maximum Gasteiger partial charge on any atom is 0.416 e. The van der Waals surface area contributed by atoms with E-state index >= 15 is 0 Å². The Bertz CT molecular complexity index is 1110. The fourth-order valence-electron chi connectivity index (χ4n) is 5.61. The topological polar surface area (TPSA) is 58.6 Å². The van der Waals surface area contributed by atoms with Crippen LogP contribution in [0.5, 0.6) is 5.75 Å². The highest BCUT2D eigenvalue weighted by Crippen LogP contribution is 2.39. The van der Waals surface area contributed by atoms with Crippen LogP contribution in [-0.4, -0.2) is 42.5 Å². The first-order chi connectivity index (χ1) is 18.1. The maximum atomic E-state index is 13.7. The number of hydrogen-bond donors (Lipinski definition) is 1. The minimum absolute atomic E-state index is 0.0160. The van der Waals surface area contributed by atoms with Gasteiger partial charge in [-0.1, -0.05) is 38.5 Å². The van der Waals surface area contributed by atoms with Crippen LogP contribution in [-0.2, 0) is 17.4 Å². The number of nitrogens with zero attached hydrogens (tertiary/aromatic N) is 1. The summed E-state index contributed by atoms with van der Waals surface area (Å²) in [5, 5.41) is 3.28. The molecule has 0 radical (unpaired) electrons. The largest absolute Gasteiger partial charge is 0.491 e. The number of hydrogen-bond acceptors (Lipinski definition) is 3. The van der Waals surface area contributed by atoms with Crippen LogP contribution in [0.3, 0.4) is 0 Å². The summed E-state index contributed by atoms with van der Waals surface area (Å²) in [5.74, 6) is 0.971. The smallest absolute Gasteiger partial charge is 0.416 e. The van der Waals surface area contributed by atoms with Crippen molar-refractivity contribution in [2.75, 3.05) is 19.7 Å². The van der Waals surface area contributed by atoms with E-state index in [0.29, 0.717) is 38.5 Å². The fraction of sp³-hybridized carbons (Fsp3) is 0.533. The van der Waals surface area contributed by atoms with Crippen molar-refractivity contribution in [3.8, 4) is 5.75 Å². The molecule has 1 saturated heterocycles. The lowest BCUT2D eigenvalue weighted by Crippen LogP contribution is -2.53. The van der Waals surface area contributed by atoms with Crippen molar-refractivity contribution >= 4 is 11.8 Å². The van der Waals surface area contributed by atoms with E-state index in [1.165, 1.54) is 17.7 Å². The average molecular weight is 531 g/mol. The van der Waals surface area contributed by atoms with E-state index in [9.17, 15) is 22.8 Å². The first-order valence-electron chi connectivity index (χ1n) is 13.6. The number of rotatable bonds is 3. The summed E-state index contributed by atoms with van der Waals surface area (Å²) in [6, 6.07) is 12.3. The van der Waals surface area contributed by atoms with Gasteiger partial charge in [0.2, 0.25) is 5.91 Å².